The number of esters is 2. The molecule has 0 bridgehead atoms. The molecular formula is C78H133NO8P+. The fraction of sp³-hybridized carbons (Fsp3) is 0.667. The number of hydrogen-bond donors (Lipinski definition) is 1. The van der Waals surface area contributed by atoms with Crippen molar-refractivity contribution in [2.75, 3.05) is 47.5 Å². The van der Waals surface area contributed by atoms with E-state index in [2.05, 4.69) is 160 Å². The zero-order valence-electron chi connectivity index (χ0n) is 57.2. The number of hydrogen-bond acceptors (Lipinski definition) is 7. The molecule has 0 aromatic heterocycles. The van der Waals surface area contributed by atoms with Gasteiger partial charge in [0.25, 0.3) is 0 Å². The highest BCUT2D eigenvalue weighted by atomic mass is 31.2. The quantitative estimate of drug-likeness (QED) is 0.0211. The van der Waals surface area contributed by atoms with E-state index in [1.165, 1.54) is 141 Å². The molecule has 0 heterocycles. The molecule has 2 unspecified atom stereocenters. The van der Waals surface area contributed by atoms with Crippen LogP contribution in [0.1, 0.15) is 284 Å². The van der Waals surface area contributed by atoms with E-state index in [0.717, 1.165) is 109 Å². The van der Waals surface area contributed by atoms with Gasteiger partial charge in [-0.05, 0) is 122 Å². The highest BCUT2D eigenvalue weighted by Crippen LogP contribution is 2.43. The molecule has 0 aliphatic heterocycles. The third kappa shape index (κ3) is 71.0. The van der Waals surface area contributed by atoms with Gasteiger partial charge in [0.2, 0.25) is 0 Å². The van der Waals surface area contributed by atoms with E-state index >= 15 is 0 Å². The van der Waals surface area contributed by atoms with Gasteiger partial charge < -0.3 is 18.9 Å². The van der Waals surface area contributed by atoms with Crippen molar-refractivity contribution in [2.24, 2.45) is 0 Å². The second-order valence-electron chi connectivity index (χ2n) is 24.5. The topological polar surface area (TPSA) is 108 Å². The molecule has 9 nitrogen and oxygen atoms in total. The second kappa shape index (κ2) is 67.3. The Morgan fingerprint density at radius 1 is 0.364 bits per heavy atom. The number of rotatable bonds is 64. The molecule has 0 aliphatic rings. The summed E-state index contributed by atoms with van der Waals surface area (Å²) in [6.45, 7) is 4.29. The average molecular weight is 1240 g/mol. The van der Waals surface area contributed by atoms with Gasteiger partial charge in [-0.25, -0.2) is 4.57 Å². The highest BCUT2D eigenvalue weighted by Gasteiger charge is 2.27. The molecule has 1 N–H and O–H groups in total. The van der Waals surface area contributed by atoms with Crippen molar-refractivity contribution in [1.29, 1.82) is 0 Å². The summed E-state index contributed by atoms with van der Waals surface area (Å²) in [6.07, 6.45) is 99.5. The van der Waals surface area contributed by atoms with Crippen LogP contribution in [0.3, 0.4) is 0 Å². The minimum Gasteiger partial charge on any atom is -0.462 e. The van der Waals surface area contributed by atoms with Crippen LogP contribution in [0.15, 0.2) is 146 Å². The lowest BCUT2D eigenvalue weighted by molar-refractivity contribution is -0.870. The molecule has 0 radical (unpaired) electrons. The average Bonchev–Trinajstić information content (AvgIpc) is 3.68. The first kappa shape index (κ1) is 83.9. The molecule has 0 fully saturated rings. The first-order valence-electron chi connectivity index (χ1n) is 35.6. The fourth-order valence-electron chi connectivity index (χ4n) is 9.43. The smallest absolute Gasteiger partial charge is 0.462 e. The number of carbonyl (C=O) groups excluding carboxylic acids is 2. The van der Waals surface area contributed by atoms with Gasteiger partial charge in [0, 0.05) is 12.8 Å². The van der Waals surface area contributed by atoms with Crippen LogP contribution in [0.2, 0.25) is 0 Å². The molecule has 88 heavy (non-hydrogen) atoms. The first-order chi connectivity index (χ1) is 43.0. The summed E-state index contributed by atoms with van der Waals surface area (Å²) in [4.78, 5) is 35.9. The van der Waals surface area contributed by atoms with Crippen molar-refractivity contribution >= 4 is 19.8 Å². The summed E-state index contributed by atoms with van der Waals surface area (Å²) in [7, 11) is 1.44. The number of phosphoric ester groups is 1. The molecule has 0 aromatic carbocycles. The molecule has 0 saturated heterocycles. The lowest BCUT2D eigenvalue weighted by Gasteiger charge is -2.24. The minimum atomic E-state index is -4.41. The van der Waals surface area contributed by atoms with E-state index in [1.54, 1.807) is 0 Å². The standard InChI is InChI=1S/C78H132NO8P/c1-6-8-10-12-14-16-18-20-22-24-26-28-30-32-34-35-36-37-38-39-40-41-42-43-45-47-49-51-53-55-57-59-61-63-65-67-69-71-78(81)87-76(75-86-88(82,83)85-73-72-79(3,4)5)74-84-77(80)70-68-66-64-62-60-58-56-54-52-50-48-46-44-33-31-29-27-25-23-21-19-17-15-13-11-9-7-2/h8,10,14,16,20,22,25-28,32,34,36-37,39-40,42-43,47,49,53,55,59,61,76H,6-7,9,11-13,15,17-19,21,23-24,29-31,33,35,38,41,44-46,48,50-52,54,56-58,60,62-75H2,1-5H3/p+1/b10-8-,16-14-,22-20-,27-25-,28-26-,34-32-,37-36-,40-39-,43-42-,49-47-,55-53-,61-59-. The van der Waals surface area contributed by atoms with Crippen LogP contribution >= 0.6 is 7.82 Å². The summed E-state index contributed by atoms with van der Waals surface area (Å²) in [5.41, 5.74) is 0. The van der Waals surface area contributed by atoms with Crippen molar-refractivity contribution in [3.8, 4) is 0 Å². The Labute approximate surface area is 542 Å². The number of likely N-dealkylation sites (N-methyl/N-ethyl adjacent to an activating group) is 1. The Morgan fingerprint density at radius 2 is 0.648 bits per heavy atom. The van der Waals surface area contributed by atoms with Gasteiger partial charge in [-0.15, -0.1) is 0 Å². The van der Waals surface area contributed by atoms with Crippen molar-refractivity contribution in [3.05, 3.63) is 146 Å². The zero-order valence-corrected chi connectivity index (χ0v) is 58.1. The number of nitrogens with zero attached hydrogens (tertiary/aromatic N) is 1. The van der Waals surface area contributed by atoms with Crippen LogP contribution in [0.4, 0.5) is 0 Å². The SMILES string of the molecule is CC/C=C\C/C=C\C/C=C\C/C=C\C/C=C\C/C=C\C/C=C\C/C=C\C/C=C\C/C=C\C/C=C\CCCCCC(=O)OC(COC(=O)CCCCCCCCCCCCCCCCC/C=C\CCCCCCCCCC)COP(=O)(O)OCC[N+](C)(C)C. The third-order valence-corrected chi connectivity index (χ3v) is 15.8. The number of ether oxygens (including phenoxy) is 2. The largest absolute Gasteiger partial charge is 0.472 e. The summed E-state index contributed by atoms with van der Waals surface area (Å²) in [5.74, 6) is -0.838. The van der Waals surface area contributed by atoms with Gasteiger partial charge >= 0.3 is 19.8 Å². The molecule has 0 aromatic rings. The fourth-order valence-corrected chi connectivity index (χ4v) is 10.2. The summed E-state index contributed by atoms with van der Waals surface area (Å²) in [5, 5.41) is 0. The maximum Gasteiger partial charge on any atom is 0.472 e. The van der Waals surface area contributed by atoms with Gasteiger partial charge in [0.15, 0.2) is 6.10 Å². The summed E-state index contributed by atoms with van der Waals surface area (Å²) < 4.78 is 34.7. The molecule has 0 rings (SSSR count). The summed E-state index contributed by atoms with van der Waals surface area (Å²) >= 11 is 0. The lowest BCUT2D eigenvalue weighted by atomic mass is 10.0. The van der Waals surface area contributed by atoms with Gasteiger partial charge in [-0.1, -0.05) is 295 Å². The molecule has 0 amide bonds. The van der Waals surface area contributed by atoms with Gasteiger partial charge in [0.1, 0.15) is 19.8 Å². The van der Waals surface area contributed by atoms with Gasteiger partial charge in [0.05, 0.1) is 27.7 Å². The molecule has 0 spiro atoms. The monoisotopic (exact) mass is 1240 g/mol. The van der Waals surface area contributed by atoms with Gasteiger partial charge in [-0.3, -0.25) is 18.6 Å². The maximum absolute atomic E-state index is 12.9. The molecule has 10 heteroatoms. The van der Waals surface area contributed by atoms with Crippen LogP contribution < -0.4 is 0 Å². The molecular weight excluding hydrogens is 1110 g/mol. The Bertz CT molecular complexity index is 2000. The van der Waals surface area contributed by atoms with E-state index < -0.39 is 26.5 Å². The van der Waals surface area contributed by atoms with E-state index in [-0.39, 0.29) is 32.0 Å². The highest BCUT2D eigenvalue weighted by molar-refractivity contribution is 7.47. The molecule has 0 aliphatic carbocycles. The maximum atomic E-state index is 12.9. The zero-order chi connectivity index (χ0) is 64.1. The molecule has 0 saturated carbocycles. The van der Waals surface area contributed by atoms with E-state index in [4.69, 9.17) is 18.5 Å². The van der Waals surface area contributed by atoms with Crippen molar-refractivity contribution < 1.29 is 42.1 Å². The number of phosphoric acid groups is 1. The van der Waals surface area contributed by atoms with E-state index in [0.29, 0.717) is 17.4 Å². The number of carbonyl (C=O) groups is 2. The van der Waals surface area contributed by atoms with Crippen LogP contribution in [0.25, 0.3) is 0 Å². The predicted octanol–water partition coefficient (Wildman–Crippen LogP) is 23.4. The number of allylic oxidation sites excluding steroid dienone is 24. The molecule has 502 valence electrons. The minimum absolute atomic E-state index is 0.0182. The summed E-state index contributed by atoms with van der Waals surface area (Å²) in [6, 6.07) is 0. The normalized spacial score (nSPS) is 14.0. The number of unbranched alkanes of at least 4 members (excludes halogenated alkanes) is 26. The Morgan fingerprint density at radius 3 is 0.989 bits per heavy atom. The van der Waals surface area contributed by atoms with Crippen molar-refractivity contribution in [3.63, 3.8) is 0 Å². The Balaban J connectivity index is 4.18. The number of quaternary nitrogens is 1. The first-order valence-corrected chi connectivity index (χ1v) is 37.1. The third-order valence-electron chi connectivity index (χ3n) is 14.9. The Hall–Kier alpha value is -4.11. The lowest BCUT2D eigenvalue weighted by Crippen LogP contribution is -2.37. The van der Waals surface area contributed by atoms with E-state index in [1.807, 2.05) is 21.1 Å². The van der Waals surface area contributed by atoms with E-state index in [9.17, 15) is 19.0 Å². The van der Waals surface area contributed by atoms with Crippen LogP contribution in [0, 0.1) is 0 Å². The van der Waals surface area contributed by atoms with Crippen LogP contribution in [-0.4, -0.2) is 74.9 Å². The van der Waals surface area contributed by atoms with Crippen molar-refractivity contribution in [2.45, 2.75) is 290 Å². The van der Waals surface area contributed by atoms with Crippen LogP contribution in [-0.2, 0) is 32.7 Å². The predicted molar refractivity (Wildman–Crippen MR) is 380 cm³/mol. The second-order valence-corrected chi connectivity index (χ2v) is 26.0. The Kier molecular flexibility index (Phi) is 64.1. The van der Waals surface area contributed by atoms with Gasteiger partial charge in [-0.2, -0.15) is 0 Å². The van der Waals surface area contributed by atoms with Crippen LogP contribution in [0.5, 0.6) is 0 Å². The van der Waals surface area contributed by atoms with Crippen molar-refractivity contribution in [1.82, 2.24) is 0 Å². The molecule has 2 atom stereocenters.